The number of nitrogens with one attached hydrogen (secondary N) is 1. The molecule has 0 saturated heterocycles. The van der Waals surface area contributed by atoms with Crippen molar-refractivity contribution in [1.82, 2.24) is 5.43 Å². The lowest BCUT2D eigenvalue weighted by Gasteiger charge is -2.13. The molecular formula is C8H12F2N2S. The van der Waals surface area contributed by atoms with Crippen LogP contribution in [-0.2, 0) is 6.42 Å². The SMILES string of the molecule is NNC(CCc1ccsc1)C(F)F. The lowest BCUT2D eigenvalue weighted by atomic mass is 10.1. The Morgan fingerprint density at radius 3 is 2.77 bits per heavy atom. The lowest BCUT2D eigenvalue weighted by Crippen LogP contribution is -2.40. The molecule has 2 nitrogen and oxygen atoms in total. The maximum atomic E-state index is 12.2. The monoisotopic (exact) mass is 206 g/mol. The summed E-state index contributed by atoms with van der Waals surface area (Å²) < 4.78 is 24.4. The molecule has 1 atom stereocenters. The summed E-state index contributed by atoms with van der Waals surface area (Å²) in [4.78, 5) is 0. The number of hydrogen-bond donors (Lipinski definition) is 2. The molecule has 0 amide bonds. The zero-order chi connectivity index (χ0) is 9.68. The molecule has 0 bridgehead atoms. The number of thiophene rings is 1. The zero-order valence-corrected chi connectivity index (χ0v) is 7.86. The summed E-state index contributed by atoms with van der Waals surface area (Å²) in [6.45, 7) is 0. The molecule has 1 rings (SSSR count). The lowest BCUT2D eigenvalue weighted by molar-refractivity contribution is 0.0945. The van der Waals surface area contributed by atoms with Crippen LogP contribution in [0.4, 0.5) is 8.78 Å². The maximum absolute atomic E-state index is 12.2. The summed E-state index contributed by atoms with van der Waals surface area (Å²) in [5.41, 5.74) is 3.21. The fourth-order valence-electron chi connectivity index (χ4n) is 1.04. The third kappa shape index (κ3) is 3.38. The second kappa shape index (κ2) is 5.26. The van der Waals surface area contributed by atoms with E-state index in [1.54, 1.807) is 11.3 Å². The normalized spacial score (nSPS) is 13.5. The van der Waals surface area contributed by atoms with E-state index in [0.717, 1.165) is 5.56 Å². The van der Waals surface area contributed by atoms with E-state index in [9.17, 15) is 8.78 Å². The van der Waals surface area contributed by atoms with E-state index < -0.39 is 12.5 Å². The Morgan fingerprint density at radius 1 is 1.54 bits per heavy atom. The molecule has 74 valence electrons. The molecule has 0 saturated carbocycles. The van der Waals surface area contributed by atoms with Crippen LogP contribution in [0.2, 0.25) is 0 Å². The first kappa shape index (κ1) is 10.6. The van der Waals surface area contributed by atoms with Crippen molar-refractivity contribution in [3.8, 4) is 0 Å². The van der Waals surface area contributed by atoms with Crippen LogP contribution in [0.3, 0.4) is 0 Å². The van der Waals surface area contributed by atoms with Crippen LogP contribution in [0.25, 0.3) is 0 Å². The van der Waals surface area contributed by atoms with Gasteiger partial charge in [-0.25, -0.2) is 8.78 Å². The molecule has 0 aromatic carbocycles. The topological polar surface area (TPSA) is 38.0 Å². The minimum atomic E-state index is -2.40. The van der Waals surface area contributed by atoms with E-state index in [1.807, 2.05) is 16.8 Å². The van der Waals surface area contributed by atoms with Gasteiger partial charge in [-0.1, -0.05) is 0 Å². The predicted octanol–water partition coefficient (Wildman–Crippen LogP) is 1.78. The molecule has 1 heterocycles. The van der Waals surface area contributed by atoms with Crippen molar-refractivity contribution in [2.45, 2.75) is 25.3 Å². The highest BCUT2D eigenvalue weighted by Crippen LogP contribution is 2.12. The summed E-state index contributed by atoms with van der Waals surface area (Å²) in [7, 11) is 0. The maximum Gasteiger partial charge on any atom is 0.255 e. The van der Waals surface area contributed by atoms with E-state index in [1.165, 1.54) is 0 Å². The van der Waals surface area contributed by atoms with Crippen molar-refractivity contribution in [1.29, 1.82) is 0 Å². The molecule has 0 spiro atoms. The van der Waals surface area contributed by atoms with Gasteiger partial charge in [-0.15, -0.1) is 0 Å². The summed E-state index contributed by atoms with van der Waals surface area (Å²) in [5.74, 6) is 4.99. The minimum Gasteiger partial charge on any atom is -0.271 e. The average Bonchev–Trinajstić information content (AvgIpc) is 2.57. The fourth-order valence-corrected chi connectivity index (χ4v) is 1.74. The van der Waals surface area contributed by atoms with Crippen LogP contribution >= 0.6 is 11.3 Å². The van der Waals surface area contributed by atoms with Gasteiger partial charge in [-0.2, -0.15) is 11.3 Å². The largest absolute Gasteiger partial charge is 0.271 e. The van der Waals surface area contributed by atoms with Gasteiger partial charge >= 0.3 is 0 Å². The third-order valence-electron chi connectivity index (χ3n) is 1.84. The Morgan fingerprint density at radius 2 is 2.31 bits per heavy atom. The predicted molar refractivity (Wildman–Crippen MR) is 49.8 cm³/mol. The van der Waals surface area contributed by atoms with Gasteiger partial charge in [0.25, 0.3) is 6.43 Å². The Hall–Kier alpha value is -0.520. The van der Waals surface area contributed by atoms with Crippen molar-refractivity contribution < 1.29 is 8.78 Å². The van der Waals surface area contributed by atoms with Gasteiger partial charge in [-0.3, -0.25) is 11.3 Å². The highest BCUT2D eigenvalue weighted by molar-refractivity contribution is 7.07. The smallest absolute Gasteiger partial charge is 0.255 e. The number of hydrogen-bond acceptors (Lipinski definition) is 3. The Bertz CT molecular complexity index is 226. The summed E-state index contributed by atoms with van der Waals surface area (Å²) in [6.07, 6.45) is -1.39. The number of rotatable bonds is 5. The van der Waals surface area contributed by atoms with Gasteiger partial charge in [-0.05, 0) is 35.2 Å². The number of nitrogens with two attached hydrogens (primary N) is 1. The van der Waals surface area contributed by atoms with Gasteiger partial charge in [0.15, 0.2) is 0 Å². The van der Waals surface area contributed by atoms with Gasteiger partial charge in [0.2, 0.25) is 0 Å². The zero-order valence-electron chi connectivity index (χ0n) is 7.04. The second-order valence-corrected chi connectivity index (χ2v) is 3.56. The minimum absolute atomic E-state index is 0.366. The second-order valence-electron chi connectivity index (χ2n) is 2.78. The molecule has 0 aliphatic carbocycles. The van der Waals surface area contributed by atoms with Crippen LogP contribution < -0.4 is 11.3 Å². The van der Waals surface area contributed by atoms with E-state index >= 15 is 0 Å². The van der Waals surface area contributed by atoms with Crippen molar-refractivity contribution >= 4 is 11.3 Å². The van der Waals surface area contributed by atoms with Gasteiger partial charge < -0.3 is 0 Å². The van der Waals surface area contributed by atoms with Crippen LogP contribution in [-0.4, -0.2) is 12.5 Å². The average molecular weight is 206 g/mol. The van der Waals surface area contributed by atoms with Crippen LogP contribution in [0, 0.1) is 0 Å². The molecule has 1 unspecified atom stereocenters. The summed E-state index contributed by atoms with van der Waals surface area (Å²) >= 11 is 1.57. The quantitative estimate of drug-likeness (QED) is 0.569. The van der Waals surface area contributed by atoms with Crippen LogP contribution in [0.1, 0.15) is 12.0 Å². The van der Waals surface area contributed by atoms with E-state index in [4.69, 9.17) is 5.84 Å². The first-order valence-corrected chi connectivity index (χ1v) is 4.93. The van der Waals surface area contributed by atoms with Crippen molar-refractivity contribution in [2.75, 3.05) is 0 Å². The van der Waals surface area contributed by atoms with Gasteiger partial charge in [0.05, 0.1) is 6.04 Å². The van der Waals surface area contributed by atoms with Crippen molar-refractivity contribution in [3.63, 3.8) is 0 Å². The van der Waals surface area contributed by atoms with E-state index in [2.05, 4.69) is 5.43 Å². The number of aryl methyl sites for hydroxylation is 1. The van der Waals surface area contributed by atoms with E-state index in [0.29, 0.717) is 12.8 Å². The molecule has 0 aliphatic heterocycles. The Balaban J connectivity index is 2.32. The molecule has 13 heavy (non-hydrogen) atoms. The molecule has 5 heteroatoms. The fraction of sp³-hybridized carbons (Fsp3) is 0.500. The van der Waals surface area contributed by atoms with Gasteiger partial charge in [0.1, 0.15) is 0 Å². The number of hydrazine groups is 1. The molecule has 0 fully saturated rings. The molecule has 3 N–H and O–H groups in total. The van der Waals surface area contributed by atoms with Crippen LogP contribution in [0.15, 0.2) is 16.8 Å². The highest BCUT2D eigenvalue weighted by Gasteiger charge is 2.17. The van der Waals surface area contributed by atoms with Crippen LogP contribution in [0.5, 0.6) is 0 Å². The number of halogens is 2. The Kier molecular flexibility index (Phi) is 4.27. The summed E-state index contributed by atoms with van der Waals surface area (Å²) in [5, 5.41) is 3.89. The van der Waals surface area contributed by atoms with Crippen molar-refractivity contribution in [3.05, 3.63) is 22.4 Å². The highest BCUT2D eigenvalue weighted by atomic mass is 32.1. The molecule has 1 aromatic rings. The van der Waals surface area contributed by atoms with E-state index in [-0.39, 0.29) is 0 Å². The molecule has 0 aliphatic rings. The van der Waals surface area contributed by atoms with Crippen molar-refractivity contribution in [2.24, 2.45) is 5.84 Å². The first-order valence-electron chi connectivity index (χ1n) is 3.99. The molecule has 1 aromatic heterocycles. The molecular weight excluding hydrogens is 194 g/mol. The molecule has 0 radical (unpaired) electrons. The first-order chi connectivity index (χ1) is 6.24. The Labute approximate surface area is 79.7 Å². The third-order valence-corrected chi connectivity index (χ3v) is 2.57. The summed E-state index contributed by atoms with van der Waals surface area (Å²) in [6, 6.07) is 1.03. The number of alkyl halides is 2. The standard InChI is InChI=1S/C8H12F2N2S/c9-8(10)7(12-11)2-1-6-3-4-13-5-6/h3-5,7-8,12H,1-2,11H2. The van der Waals surface area contributed by atoms with Gasteiger partial charge in [0, 0.05) is 0 Å².